The molecular weight excluding hydrogens is 424 g/mol. The summed E-state index contributed by atoms with van der Waals surface area (Å²) < 4.78 is 56.4. The van der Waals surface area contributed by atoms with Crippen molar-refractivity contribution in [3.8, 4) is 23.0 Å². The van der Waals surface area contributed by atoms with Crippen LogP contribution in [0.25, 0.3) is 21.9 Å². The largest absolute Gasteiger partial charge is 0.206 e. The number of benzene rings is 4. The maximum absolute atomic E-state index is 14.6. The van der Waals surface area contributed by atoms with Crippen molar-refractivity contribution in [2.45, 2.75) is 19.8 Å². The van der Waals surface area contributed by atoms with E-state index in [4.69, 9.17) is 0 Å². The summed E-state index contributed by atoms with van der Waals surface area (Å²) in [6, 6.07) is 16.8. The fourth-order valence-corrected chi connectivity index (χ4v) is 3.67. The topological polar surface area (TPSA) is 0 Å². The van der Waals surface area contributed by atoms with E-state index in [1.807, 2.05) is 19.1 Å². The second-order valence-electron chi connectivity index (χ2n) is 7.67. The van der Waals surface area contributed by atoms with Crippen molar-refractivity contribution in [3.05, 3.63) is 119 Å². The second kappa shape index (κ2) is 9.75. The van der Waals surface area contributed by atoms with E-state index in [-0.39, 0.29) is 10.9 Å². The number of halogens is 4. The zero-order chi connectivity index (χ0) is 23.4. The molecule has 0 saturated heterocycles. The van der Waals surface area contributed by atoms with Crippen molar-refractivity contribution >= 4 is 10.8 Å². The van der Waals surface area contributed by atoms with Crippen molar-refractivity contribution in [2.75, 3.05) is 0 Å². The van der Waals surface area contributed by atoms with Crippen molar-refractivity contribution in [3.63, 3.8) is 0 Å². The van der Waals surface area contributed by atoms with E-state index in [1.165, 1.54) is 24.3 Å². The van der Waals surface area contributed by atoms with Crippen LogP contribution in [0.3, 0.4) is 0 Å². The standard InChI is InChI=1S/C29H20F4/c1-2-3-4-5-21-17-26(31)28(27(32)18-21)22-11-8-19(9-12-22)6-7-20-10-14-24-23(16-20)13-15-25(30)29(24)33/h2-3,8-18H,4-5H2,1H3/b3-2+. The van der Waals surface area contributed by atoms with Gasteiger partial charge in [0.1, 0.15) is 11.6 Å². The lowest BCUT2D eigenvalue weighted by Gasteiger charge is -2.08. The van der Waals surface area contributed by atoms with Gasteiger partial charge in [-0.05, 0) is 78.7 Å². The highest BCUT2D eigenvalue weighted by molar-refractivity contribution is 5.84. The van der Waals surface area contributed by atoms with Gasteiger partial charge in [0.2, 0.25) is 0 Å². The molecular formula is C29H20F4. The van der Waals surface area contributed by atoms with Crippen LogP contribution in [0.15, 0.2) is 78.9 Å². The van der Waals surface area contributed by atoms with E-state index in [9.17, 15) is 17.6 Å². The average molecular weight is 444 g/mol. The van der Waals surface area contributed by atoms with Crippen LogP contribution in [0.1, 0.15) is 30.0 Å². The Balaban J connectivity index is 1.56. The molecule has 0 aliphatic rings. The predicted molar refractivity (Wildman–Crippen MR) is 125 cm³/mol. The Labute approximate surface area is 190 Å². The Morgan fingerprint density at radius 2 is 1.39 bits per heavy atom. The molecule has 0 aromatic heterocycles. The highest BCUT2D eigenvalue weighted by Crippen LogP contribution is 2.28. The first kappa shape index (κ1) is 22.4. The SMILES string of the molecule is C/C=C/CCc1cc(F)c(-c2ccc(C#Cc3ccc4c(F)c(F)ccc4c3)cc2)c(F)c1. The fourth-order valence-electron chi connectivity index (χ4n) is 3.67. The number of rotatable bonds is 4. The number of hydrogen-bond donors (Lipinski definition) is 0. The molecule has 0 aliphatic carbocycles. The molecule has 0 radical (unpaired) electrons. The smallest absolute Gasteiger partial charge is 0.166 e. The normalized spacial score (nSPS) is 11.1. The van der Waals surface area contributed by atoms with E-state index in [0.29, 0.717) is 34.1 Å². The first-order chi connectivity index (χ1) is 16.0. The molecule has 0 heterocycles. The van der Waals surface area contributed by atoms with Gasteiger partial charge in [-0.3, -0.25) is 0 Å². The third kappa shape index (κ3) is 4.99. The molecule has 0 saturated carbocycles. The molecule has 0 atom stereocenters. The molecule has 0 unspecified atom stereocenters. The summed E-state index contributed by atoms with van der Waals surface area (Å²) >= 11 is 0. The summed E-state index contributed by atoms with van der Waals surface area (Å²) in [7, 11) is 0. The van der Waals surface area contributed by atoms with Crippen LogP contribution in [0.2, 0.25) is 0 Å². The minimum Gasteiger partial charge on any atom is -0.206 e. The van der Waals surface area contributed by atoms with Gasteiger partial charge in [-0.15, -0.1) is 0 Å². The second-order valence-corrected chi connectivity index (χ2v) is 7.67. The van der Waals surface area contributed by atoms with Crippen LogP contribution in [-0.4, -0.2) is 0 Å². The Hall–Kier alpha value is -3.84. The lowest BCUT2D eigenvalue weighted by Crippen LogP contribution is -1.95. The molecule has 0 aliphatic heterocycles. The summed E-state index contributed by atoms with van der Waals surface area (Å²) in [6.07, 6.45) is 5.17. The van der Waals surface area contributed by atoms with Gasteiger partial charge < -0.3 is 0 Å². The minimum atomic E-state index is -0.891. The minimum absolute atomic E-state index is 0.0620. The summed E-state index contributed by atoms with van der Waals surface area (Å²) in [5, 5.41) is 0.748. The van der Waals surface area contributed by atoms with Gasteiger partial charge in [0.05, 0.1) is 5.56 Å². The van der Waals surface area contributed by atoms with Crippen LogP contribution in [0, 0.1) is 35.1 Å². The molecule has 0 nitrogen and oxygen atoms in total. The van der Waals surface area contributed by atoms with Gasteiger partial charge in [0.15, 0.2) is 11.6 Å². The summed E-state index contributed by atoms with van der Waals surface area (Å²) in [5.41, 5.74) is 2.29. The Morgan fingerprint density at radius 3 is 2.09 bits per heavy atom. The molecule has 0 N–H and O–H groups in total. The number of allylic oxidation sites excluding steroid dienone is 2. The highest BCUT2D eigenvalue weighted by Gasteiger charge is 2.13. The summed E-state index contributed by atoms with van der Waals surface area (Å²) in [5.74, 6) is 3.01. The van der Waals surface area contributed by atoms with E-state index in [1.54, 1.807) is 36.4 Å². The van der Waals surface area contributed by atoms with Gasteiger partial charge in [-0.1, -0.05) is 48.3 Å². The van der Waals surface area contributed by atoms with Crippen LogP contribution in [0.4, 0.5) is 17.6 Å². The highest BCUT2D eigenvalue weighted by atomic mass is 19.2. The molecule has 0 amide bonds. The van der Waals surface area contributed by atoms with Crippen LogP contribution in [0.5, 0.6) is 0 Å². The first-order valence-corrected chi connectivity index (χ1v) is 10.6. The quantitative estimate of drug-likeness (QED) is 0.170. The third-order valence-corrected chi connectivity index (χ3v) is 5.37. The number of aryl methyl sites for hydroxylation is 1. The van der Waals surface area contributed by atoms with Gasteiger partial charge in [-0.25, -0.2) is 17.6 Å². The van der Waals surface area contributed by atoms with Crippen molar-refractivity contribution in [2.24, 2.45) is 0 Å². The molecule has 4 aromatic rings. The van der Waals surface area contributed by atoms with Crippen LogP contribution >= 0.6 is 0 Å². The van der Waals surface area contributed by atoms with Crippen LogP contribution < -0.4 is 0 Å². The molecule has 164 valence electrons. The molecule has 4 rings (SSSR count). The van der Waals surface area contributed by atoms with E-state index >= 15 is 0 Å². The lowest BCUT2D eigenvalue weighted by molar-refractivity contribution is 0.517. The summed E-state index contributed by atoms with van der Waals surface area (Å²) in [4.78, 5) is 0. The van der Waals surface area contributed by atoms with Crippen molar-refractivity contribution in [1.82, 2.24) is 0 Å². The average Bonchev–Trinajstić information content (AvgIpc) is 2.81. The number of hydrogen-bond acceptors (Lipinski definition) is 0. The maximum Gasteiger partial charge on any atom is 0.166 e. The number of fused-ring (bicyclic) bond motifs is 1. The third-order valence-electron chi connectivity index (χ3n) is 5.37. The Bertz CT molecular complexity index is 1380. The van der Waals surface area contributed by atoms with Gasteiger partial charge in [0.25, 0.3) is 0 Å². The molecule has 0 spiro atoms. The van der Waals surface area contributed by atoms with E-state index in [2.05, 4.69) is 11.8 Å². The fraction of sp³-hybridized carbons (Fsp3) is 0.103. The molecule has 33 heavy (non-hydrogen) atoms. The lowest BCUT2D eigenvalue weighted by atomic mass is 9.99. The maximum atomic E-state index is 14.6. The zero-order valence-electron chi connectivity index (χ0n) is 17.9. The van der Waals surface area contributed by atoms with E-state index < -0.39 is 23.3 Å². The zero-order valence-corrected chi connectivity index (χ0v) is 17.9. The van der Waals surface area contributed by atoms with E-state index in [0.717, 1.165) is 12.5 Å². The summed E-state index contributed by atoms with van der Waals surface area (Å²) in [6.45, 7) is 1.91. The Kier molecular flexibility index (Phi) is 6.60. The molecule has 0 fully saturated rings. The molecule has 4 aromatic carbocycles. The van der Waals surface area contributed by atoms with Crippen molar-refractivity contribution in [1.29, 1.82) is 0 Å². The first-order valence-electron chi connectivity index (χ1n) is 10.6. The Morgan fingerprint density at radius 1 is 0.727 bits per heavy atom. The monoisotopic (exact) mass is 444 g/mol. The predicted octanol–water partition coefficient (Wildman–Crippen LogP) is 7.97. The van der Waals surface area contributed by atoms with Gasteiger partial charge in [-0.2, -0.15) is 0 Å². The van der Waals surface area contributed by atoms with Gasteiger partial charge >= 0.3 is 0 Å². The molecule has 4 heteroatoms. The van der Waals surface area contributed by atoms with Gasteiger partial charge in [0, 0.05) is 16.5 Å². The van der Waals surface area contributed by atoms with Crippen LogP contribution in [-0.2, 0) is 6.42 Å². The molecule has 0 bridgehead atoms. The van der Waals surface area contributed by atoms with Crippen molar-refractivity contribution < 1.29 is 17.6 Å².